The Balaban J connectivity index is 1.47. The van der Waals surface area contributed by atoms with Crippen molar-refractivity contribution in [3.63, 3.8) is 0 Å². The van der Waals surface area contributed by atoms with Crippen LogP contribution in [0.4, 0.5) is 13.9 Å². The van der Waals surface area contributed by atoms with Gasteiger partial charge in [0, 0.05) is 38.0 Å². The van der Waals surface area contributed by atoms with Gasteiger partial charge in [-0.1, -0.05) is 23.8 Å². The number of anilines is 1. The molecule has 1 fully saturated rings. The molecule has 33 heavy (non-hydrogen) atoms. The maximum absolute atomic E-state index is 14.6. The zero-order chi connectivity index (χ0) is 23.9. The van der Waals surface area contributed by atoms with Crippen molar-refractivity contribution in [1.29, 1.82) is 0 Å². The van der Waals surface area contributed by atoms with Crippen LogP contribution in [0, 0.1) is 25.5 Å². The van der Waals surface area contributed by atoms with Gasteiger partial charge >= 0.3 is 0 Å². The van der Waals surface area contributed by atoms with Crippen LogP contribution in [0.3, 0.4) is 0 Å². The number of piperazine rings is 1. The number of benzene rings is 2. The number of nitrogens with zero attached hydrogens (tertiary/aromatic N) is 3. The summed E-state index contributed by atoms with van der Waals surface area (Å²) in [5.41, 5.74) is 4.62. The molecule has 0 atom stereocenters. The van der Waals surface area contributed by atoms with E-state index in [1.165, 1.54) is 32.3 Å². The molecule has 1 aliphatic heterocycles. The van der Waals surface area contributed by atoms with Gasteiger partial charge in [-0.05, 0) is 62.9 Å². The summed E-state index contributed by atoms with van der Waals surface area (Å²) in [5.74, 6) is -1.86. The number of hydrogen-bond donors (Lipinski definition) is 0. The van der Waals surface area contributed by atoms with Crippen LogP contribution in [0.5, 0.6) is 0 Å². The summed E-state index contributed by atoms with van der Waals surface area (Å²) in [5, 5.41) is 2.85. The second-order valence-electron chi connectivity index (χ2n) is 7.92. The van der Waals surface area contributed by atoms with E-state index in [1.807, 2.05) is 10.3 Å². The predicted molar refractivity (Wildman–Crippen MR) is 134 cm³/mol. The Morgan fingerprint density at radius 1 is 1.09 bits per heavy atom. The van der Waals surface area contributed by atoms with Crippen LogP contribution in [0.25, 0.3) is 0 Å². The Morgan fingerprint density at radius 2 is 1.79 bits per heavy atom. The van der Waals surface area contributed by atoms with Crippen molar-refractivity contribution >= 4 is 58.4 Å². The molecular weight excluding hydrogens is 600 g/mol. The molecule has 0 spiro atoms. The van der Waals surface area contributed by atoms with E-state index in [-0.39, 0.29) is 17.6 Å². The van der Waals surface area contributed by atoms with Crippen LogP contribution >= 0.6 is 43.2 Å². The first kappa shape index (κ1) is 24.7. The predicted octanol–water partition coefficient (Wildman–Crippen LogP) is 5.66. The van der Waals surface area contributed by atoms with E-state index in [0.717, 1.165) is 23.3 Å². The molecule has 2 aromatic carbocycles. The van der Waals surface area contributed by atoms with Gasteiger partial charge in [0.1, 0.15) is 10.7 Å². The molecule has 0 bridgehead atoms. The van der Waals surface area contributed by atoms with E-state index in [4.69, 9.17) is 4.98 Å². The summed E-state index contributed by atoms with van der Waals surface area (Å²) in [7, 11) is -4.22. The highest BCUT2D eigenvalue weighted by Gasteiger charge is 2.35. The van der Waals surface area contributed by atoms with Crippen molar-refractivity contribution in [2.45, 2.75) is 25.2 Å². The van der Waals surface area contributed by atoms with Crippen molar-refractivity contribution in [2.75, 3.05) is 31.1 Å². The maximum atomic E-state index is 14.6. The van der Waals surface area contributed by atoms with Crippen molar-refractivity contribution in [3.05, 3.63) is 72.6 Å². The van der Waals surface area contributed by atoms with Gasteiger partial charge in [0.05, 0.1) is 14.6 Å². The topological polar surface area (TPSA) is 53.5 Å². The monoisotopic (exact) mass is 619 g/mol. The first-order chi connectivity index (χ1) is 15.6. The van der Waals surface area contributed by atoms with E-state index in [9.17, 15) is 17.2 Å². The highest BCUT2D eigenvalue weighted by Crippen LogP contribution is 2.35. The molecular formula is C22H21Br2F2N3O2S2. The molecule has 1 saturated heterocycles. The fraction of sp³-hybridized carbons (Fsp3) is 0.318. The first-order valence-corrected chi connectivity index (χ1v) is 14.1. The number of thiazole rings is 1. The van der Waals surface area contributed by atoms with Crippen LogP contribution in [0.2, 0.25) is 0 Å². The van der Waals surface area contributed by atoms with E-state index >= 15 is 0 Å². The van der Waals surface area contributed by atoms with Crippen molar-refractivity contribution in [2.24, 2.45) is 0 Å². The Kier molecular flexibility index (Phi) is 7.26. The van der Waals surface area contributed by atoms with Gasteiger partial charge in [0.15, 0.2) is 10.9 Å². The molecule has 0 amide bonds. The minimum Gasteiger partial charge on any atom is -0.345 e. The summed E-state index contributed by atoms with van der Waals surface area (Å²) < 4.78 is 55.4. The Labute approximate surface area is 212 Å². The highest BCUT2D eigenvalue weighted by molar-refractivity contribution is 9.11. The maximum Gasteiger partial charge on any atom is 0.247 e. The van der Waals surface area contributed by atoms with E-state index < -0.39 is 31.0 Å². The van der Waals surface area contributed by atoms with Crippen molar-refractivity contribution in [1.82, 2.24) is 9.29 Å². The quantitative estimate of drug-likeness (QED) is 0.345. The third kappa shape index (κ3) is 5.02. The highest BCUT2D eigenvalue weighted by atomic mass is 79.9. The van der Waals surface area contributed by atoms with E-state index in [0.29, 0.717) is 13.1 Å². The minimum atomic E-state index is -4.22. The third-order valence-corrected chi connectivity index (χ3v) is 10.1. The summed E-state index contributed by atoms with van der Waals surface area (Å²) in [6.07, 6.45) is 0.736. The van der Waals surface area contributed by atoms with Gasteiger partial charge in [0.2, 0.25) is 10.0 Å². The van der Waals surface area contributed by atoms with Crippen molar-refractivity contribution in [3.8, 4) is 0 Å². The second-order valence-corrected chi connectivity index (χ2v) is 12.3. The normalized spacial score (nSPS) is 15.3. The van der Waals surface area contributed by atoms with Crippen LogP contribution in [-0.2, 0) is 16.4 Å². The van der Waals surface area contributed by atoms with Gasteiger partial charge in [-0.15, -0.1) is 11.3 Å². The van der Waals surface area contributed by atoms with Gasteiger partial charge in [-0.3, -0.25) is 0 Å². The summed E-state index contributed by atoms with van der Waals surface area (Å²) in [6.45, 7) is 5.26. The first-order valence-electron chi connectivity index (χ1n) is 10.2. The molecule has 4 rings (SSSR count). The third-order valence-electron chi connectivity index (χ3n) is 5.59. The molecule has 1 aromatic heterocycles. The van der Waals surface area contributed by atoms with E-state index in [2.05, 4.69) is 63.9 Å². The largest absolute Gasteiger partial charge is 0.345 e. The number of aromatic nitrogens is 1. The lowest BCUT2D eigenvalue weighted by Crippen LogP contribution is -2.49. The summed E-state index contributed by atoms with van der Waals surface area (Å²) in [4.78, 5) is 6.09. The van der Waals surface area contributed by atoms with Crippen LogP contribution < -0.4 is 4.90 Å². The summed E-state index contributed by atoms with van der Waals surface area (Å²) in [6, 6.07) is 7.26. The molecule has 0 N–H and O–H groups in total. The van der Waals surface area contributed by atoms with Gasteiger partial charge in [0.25, 0.3) is 0 Å². The number of aryl methyl sites for hydroxylation is 2. The van der Waals surface area contributed by atoms with Crippen molar-refractivity contribution < 1.29 is 17.2 Å². The number of halogens is 4. The zero-order valence-corrected chi connectivity index (χ0v) is 22.7. The SMILES string of the molecule is Cc1ccc(C)c(Cc2csc(N3CCN(S(=O)(=O)c4c(F)c(Br)cc(F)c4Br)CC3)n2)c1. The Bertz CT molecular complexity index is 1280. The molecule has 0 saturated carbocycles. The lowest BCUT2D eigenvalue weighted by Gasteiger charge is -2.34. The zero-order valence-electron chi connectivity index (χ0n) is 17.9. The van der Waals surface area contributed by atoms with Gasteiger partial charge in [-0.2, -0.15) is 4.31 Å². The lowest BCUT2D eigenvalue weighted by atomic mass is 10.0. The second kappa shape index (κ2) is 9.69. The number of hydrogen-bond acceptors (Lipinski definition) is 5. The smallest absolute Gasteiger partial charge is 0.247 e. The van der Waals surface area contributed by atoms with Crippen LogP contribution in [-0.4, -0.2) is 43.9 Å². The van der Waals surface area contributed by atoms with E-state index in [1.54, 1.807) is 0 Å². The standard InChI is InChI=1S/C22H21Br2F2N3O2S2/c1-13-3-4-14(2)15(9-13)10-16-12-32-22(27-16)28-5-7-29(8-6-28)33(30,31)21-19(24)18(25)11-17(23)20(21)26/h3-4,9,11-12H,5-8,10H2,1-2H3. The van der Waals surface area contributed by atoms with Crippen LogP contribution in [0.1, 0.15) is 22.4 Å². The molecule has 0 aliphatic carbocycles. The summed E-state index contributed by atoms with van der Waals surface area (Å²) >= 11 is 7.31. The molecule has 2 heterocycles. The molecule has 5 nitrogen and oxygen atoms in total. The Morgan fingerprint density at radius 3 is 2.48 bits per heavy atom. The molecule has 11 heteroatoms. The molecule has 0 unspecified atom stereocenters. The minimum absolute atomic E-state index is 0.147. The fourth-order valence-corrected chi connectivity index (χ4v) is 7.61. The average molecular weight is 621 g/mol. The molecule has 3 aromatic rings. The number of rotatable bonds is 5. The van der Waals surface area contributed by atoms with Gasteiger partial charge in [-0.25, -0.2) is 22.2 Å². The van der Waals surface area contributed by atoms with Gasteiger partial charge < -0.3 is 4.90 Å². The molecule has 0 radical (unpaired) electrons. The Hall–Kier alpha value is -1.40. The molecule has 176 valence electrons. The lowest BCUT2D eigenvalue weighted by molar-refractivity contribution is 0.381. The number of sulfonamides is 1. The molecule has 1 aliphatic rings. The fourth-order valence-electron chi connectivity index (χ4n) is 3.74. The average Bonchev–Trinajstić information content (AvgIpc) is 3.23. The van der Waals surface area contributed by atoms with Crippen LogP contribution in [0.15, 0.2) is 43.5 Å².